The lowest BCUT2D eigenvalue weighted by molar-refractivity contribution is 0.802. The van der Waals surface area contributed by atoms with Gasteiger partial charge in [-0.15, -0.1) is 0 Å². The molecule has 0 spiro atoms. The average molecular weight is 370 g/mol. The zero-order valence-corrected chi connectivity index (χ0v) is 17.0. The summed E-state index contributed by atoms with van der Waals surface area (Å²) in [7, 11) is 0. The van der Waals surface area contributed by atoms with Crippen molar-refractivity contribution < 1.29 is 0 Å². The summed E-state index contributed by atoms with van der Waals surface area (Å²) >= 11 is 0. The number of aromatic nitrogens is 3. The van der Waals surface area contributed by atoms with Gasteiger partial charge in [0.15, 0.2) is 0 Å². The maximum Gasteiger partial charge on any atom is 0.144 e. The first-order chi connectivity index (χ1) is 13.6. The van der Waals surface area contributed by atoms with Crippen LogP contribution in [0.1, 0.15) is 50.7 Å². The van der Waals surface area contributed by atoms with Gasteiger partial charge in [0, 0.05) is 36.0 Å². The third-order valence-electron chi connectivity index (χ3n) is 5.21. The fourth-order valence-electron chi connectivity index (χ4n) is 3.76. The molecule has 142 valence electrons. The monoisotopic (exact) mass is 369 g/mol. The molecule has 0 radical (unpaired) electrons. The Kier molecular flexibility index (Phi) is 4.91. The topological polar surface area (TPSA) is 22.8 Å². The molecule has 4 aromatic rings. The van der Waals surface area contributed by atoms with E-state index in [9.17, 15) is 0 Å². The molecule has 0 bridgehead atoms. The minimum Gasteiger partial charge on any atom is -0.324 e. The van der Waals surface area contributed by atoms with Crippen molar-refractivity contribution in [2.75, 3.05) is 0 Å². The molecule has 28 heavy (non-hydrogen) atoms. The number of rotatable bonds is 5. The summed E-state index contributed by atoms with van der Waals surface area (Å²) in [5, 5.41) is 0. The second kappa shape index (κ2) is 7.51. The molecule has 3 heteroatoms. The smallest absolute Gasteiger partial charge is 0.144 e. The average Bonchev–Trinajstić information content (AvgIpc) is 3.39. The van der Waals surface area contributed by atoms with Crippen LogP contribution in [0.15, 0.2) is 79.4 Å². The number of hydrogen-bond acceptors (Lipinski definition) is 1. The molecule has 0 aliphatic carbocycles. The molecule has 0 N–H and O–H groups in total. The first-order valence-electron chi connectivity index (χ1n) is 9.96. The quantitative estimate of drug-likeness (QED) is 0.390. The van der Waals surface area contributed by atoms with Crippen molar-refractivity contribution in [3.05, 3.63) is 90.5 Å². The van der Waals surface area contributed by atoms with Gasteiger partial charge in [0.25, 0.3) is 0 Å². The third-order valence-corrected chi connectivity index (χ3v) is 5.21. The van der Waals surface area contributed by atoms with Crippen LogP contribution in [0.2, 0.25) is 0 Å². The van der Waals surface area contributed by atoms with Crippen molar-refractivity contribution in [2.24, 2.45) is 0 Å². The lowest BCUT2D eigenvalue weighted by Crippen LogP contribution is -2.09. The fourth-order valence-corrected chi connectivity index (χ4v) is 3.76. The van der Waals surface area contributed by atoms with Gasteiger partial charge in [-0.2, -0.15) is 0 Å². The van der Waals surface area contributed by atoms with Crippen molar-refractivity contribution in [1.82, 2.24) is 14.1 Å². The lowest BCUT2D eigenvalue weighted by atomic mass is 9.91. The second-order valence-corrected chi connectivity index (χ2v) is 7.86. The summed E-state index contributed by atoms with van der Waals surface area (Å²) in [6.07, 6.45) is 8.20. The number of hydrogen-bond donors (Lipinski definition) is 0. The number of benzene rings is 2. The van der Waals surface area contributed by atoms with Crippen LogP contribution in [-0.2, 0) is 0 Å². The summed E-state index contributed by atoms with van der Waals surface area (Å²) in [4.78, 5) is 4.69. The van der Waals surface area contributed by atoms with E-state index in [-0.39, 0.29) is 0 Å². The first-order valence-corrected chi connectivity index (χ1v) is 9.96. The van der Waals surface area contributed by atoms with Gasteiger partial charge in [0.05, 0.1) is 5.69 Å². The molecule has 0 saturated carbocycles. The highest BCUT2D eigenvalue weighted by Gasteiger charge is 2.20. The van der Waals surface area contributed by atoms with Gasteiger partial charge in [-0.3, -0.25) is 4.57 Å². The van der Waals surface area contributed by atoms with Gasteiger partial charge in [0.2, 0.25) is 0 Å². The largest absolute Gasteiger partial charge is 0.324 e. The molecular formula is C25H27N3. The second-order valence-electron chi connectivity index (χ2n) is 7.86. The van der Waals surface area contributed by atoms with Crippen LogP contribution in [0.5, 0.6) is 0 Å². The van der Waals surface area contributed by atoms with E-state index in [1.54, 1.807) is 0 Å². The molecule has 0 atom stereocenters. The van der Waals surface area contributed by atoms with Crippen molar-refractivity contribution in [1.29, 1.82) is 0 Å². The Morgan fingerprint density at radius 1 is 0.750 bits per heavy atom. The SMILES string of the molecule is CC(C)c1cc(-n2cccc2)cc(C(C)C)c1-n1ccnc1-c1ccccc1. The molecular weight excluding hydrogens is 342 g/mol. The van der Waals surface area contributed by atoms with Crippen LogP contribution in [0, 0.1) is 0 Å². The van der Waals surface area contributed by atoms with Gasteiger partial charge in [0.1, 0.15) is 5.82 Å². The zero-order valence-electron chi connectivity index (χ0n) is 17.0. The van der Waals surface area contributed by atoms with E-state index in [2.05, 4.69) is 104 Å². The molecule has 0 amide bonds. The highest BCUT2D eigenvalue weighted by atomic mass is 15.1. The fraction of sp³-hybridized carbons (Fsp3) is 0.240. The maximum atomic E-state index is 4.69. The van der Waals surface area contributed by atoms with E-state index >= 15 is 0 Å². The molecule has 0 aliphatic heterocycles. The molecule has 0 unspecified atom stereocenters. The van der Waals surface area contributed by atoms with Crippen LogP contribution < -0.4 is 0 Å². The van der Waals surface area contributed by atoms with Gasteiger partial charge in [-0.05, 0) is 47.2 Å². The standard InChI is InChI=1S/C25H27N3/c1-18(2)22-16-21(27-13-8-9-14-27)17-23(19(3)4)24(22)28-15-12-26-25(28)20-10-6-5-7-11-20/h5-19H,1-4H3. The Hall–Kier alpha value is -3.07. The van der Waals surface area contributed by atoms with E-state index in [0.29, 0.717) is 11.8 Å². The number of nitrogens with zero attached hydrogens (tertiary/aromatic N) is 3. The molecule has 0 fully saturated rings. The maximum absolute atomic E-state index is 4.69. The van der Waals surface area contributed by atoms with E-state index in [0.717, 1.165) is 11.4 Å². The van der Waals surface area contributed by atoms with Gasteiger partial charge in [-0.25, -0.2) is 4.98 Å². The van der Waals surface area contributed by atoms with Gasteiger partial charge < -0.3 is 4.57 Å². The van der Waals surface area contributed by atoms with Gasteiger partial charge >= 0.3 is 0 Å². The molecule has 2 aromatic heterocycles. The van der Waals surface area contributed by atoms with Crippen LogP contribution in [-0.4, -0.2) is 14.1 Å². The molecule has 0 saturated heterocycles. The van der Waals surface area contributed by atoms with E-state index in [1.807, 2.05) is 12.3 Å². The molecule has 4 rings (SSSR count). The predicted molar refractivity (Wildman–Crippen MR) is 117 cm³/mol. The highest BCUT2D eigenvalue weighted by Crippen LogP contribution is 2.36. The molecule has 2 aromatic carbocycles. The van der Waals surface area contributed by atoms with Crippen molar-refractivity contribution in [3.63, 3.8) is 0 Å². The summed E-state index contributed by atoms with van der Waals surface area (Å²) in [5.41, 5.74) is 6.28. The molecule has 3 nitrogen and oxygen atoms in total. The minimum atomic E-state index is 0.397. The Morgan fingerprint density at radius 2 is 1.36 bits per heavy atom. The van der Waals surface area contributed by atoms with Crippen molar-refractivity contribution >= 4 is 0 Å². The van der Waals surface area contributed by atoms with Crippen molar-refractivity contribution in [2.45, 2.75) is 39.5 Å². The van der Waals surface area contributed by atoms with Crippen LogP contribution in [0.4, 0.5) is 0 Å². The van der Waals surface area contributed by atoms with E-state index in [4.69, 9.17) is 4.98 Å². The predicted octanol–water partition coefficient (Wildman–Crippen LogP) is 6.58. The van der Waals surface area contributed by atoms with E-state index in [1.165, 1.54) is 22.5 Å². The molecule has 0 aliphatic rings. The Balaban J connectivity index is 1.99. The summed E-state index contributed by atoms with van der Waals surface area (Å²) in [5.74, 6) is 1.78. The normalized spacial score (nSPS) is 11.5. The van der Waals surface area contributed by atoms with Crippen LogP contribution >= 0.6 is 0 Å². The minimum absolute atomic E-state index is 0.397. The Morgan fingerprint density at radius 3 is 1.93 bits per heavy atom. The Bertz CT molecular complexity index is 1030. The van der Waals surface area contributed by atoms with Gasteiger partial charge in [-0.1, -0.05) is 58.0 Å². The first kappa shape index (κ1) is 18.3. The molecule has 2 heterocycles. The summed E-state index contributed by atoms with van der Waals surface area (Å²) in [6.45, 7) is 9.06. The Labute approximate surface area is 167 Å². The van der Waals surface area contributed by atoms with Crippen LogP contribution in [0.3, 0.4) is 0 Å². The van der Waals surface area contributed by atoms with Crippen molar-refractivity contribution in [3.8, 4) is 22.8 Å². The van der Waals surface area contributed by atoms with Crippen LogP contribution in [0.25, 0.3) is 22.8 Å². The zero-order chi connectivity index (χ0) is 19.7. The number of imidazole rings is 1. The summed E-state index contributed by atoms with van der Waals surface area (Å²) in [6, 6.07) is 19.2. The summed E-state index contributed by atoms with van der Waals surface area (Å²) < 4.78 is 4.45. The lowest BCUT2D eigenvalue weighted by Gasteiger charge is -2.23. The van der Waals surface area contributed by atoms with E-state index < -0.39 is 0 Å². The third kappa shape index (κ3) is 3.29. The highest BCUT2D eigenvalue weighted by molar-refractivity contribution is 5.64.